The molecule has 0 atom stereocenters. The summed E-state index contributed by atoms with van der Waals surface area (Å²) in [6, 6.07) is 8.01. The van der Waals surface area contributed by atoms with Gasteiger partial charge in [0.2, 0.25) is 11.8 Å². The van der Waals surface area contributed by atoms with Crippen LogP contribution in [0.5, 0.6) is 0 Å². The Hall–Kier alpha value is -2.45. The van der Waals surface area contributed by atoms with Crippen molar-refractivity contribution in [3.8, 4) is 11.5 Å². The minimum absolute atomic E-state index is 0.538. The Kier molecular flexibility index (Phi) is 3.91. The largest absolute Gasteiger partial charge is 0.421 e. The number of nitrogens with zero attached hydrogens (tertiary/aromatic N) is 5. The molecule has 1 aromatic carbocycles. The number of hydrogen-bond acceptors (Lipinski definition) is 7. The number of aryl methyl sites for hydroxylation is 1. The molecule has 0 aliphatic carbocycles. The van der Waals surface area contributed by atoms with Gasteiger partial charge in [-0.2, -0.15) is 0 Å². The first kappa shape index (κ1) is 15.1. The van der Waals surface area contributed by atoms with Crippen molar-refractivity contribution in [3.05, 3.63) is 48.4 Å². The van der Waals surface area contributed by atoms with Crippen LogP contribution in [-0.4, -0.2) is 36.4 Å². The van der Waals surface area contributed by atoms with Crippen molar-refractivity contribution in [1.29, 1.82) is 5.41 Å². The van der Waals surface area contributed by atoms with Gasteiger partial charge in [-0.15, -0.1) is 10.2 Å². The van der Waals surface area contributed by atoms with Gasteiger partial charge in [0, 0.05) is 29.3 Å². The molecule has 0 fully saturated rings. The zero-order valence-corrected chi connectivity index (χ0v) is 14.0. The number of aromatic nitrogens is 4. The molecule has 0 spiro atoms. The molecule has 4 rings (SSSR count). The summed E-state index contributed by atoms with van der Waals surface area (Å²) < 4.78 is 9.54. The third kappa shape index (κ3) is 2.85. The first-order valence-electron chi connectivity index (χ1n) is 7.68. The molecule has 24 heavy (non-hydrogen) atoms. The van der Waals surface area contributed by atoms with E-state index in [2.05, 4.69) is 19.5 Å². The number of benzene rings is 1. The first-order chi connectivity index (χ1) is 11.7. The molecule has 1 aliphatic rings. The number of rotatable bonds is 4. The fourth-order valence-corrected chi connectivity index (χ4v) is 3.46. The molecule has 0 saturated heterocycles. The topological polar surface area (TPSA) is 83.8 Å². The van der Waals surface area contributed by atoms with Crippen LogP contribution < -0.4 is 0 Å². The molecule has 1 N–H and O–H groups in total. The van der Waals surface area contributed by atoms with Crippen molar-refractivity contribution in [2.45, 2.75) is 24.8 Å². The molecule has 122 valence electrons. The lowest BCUT2D eigenvalue weighted by atomic mass is 10.2. The van der Waals surface area contributed by atoms with Crippen LogP contribution >= 0.6 is 11.9 Å². The van der Waals surface area contributed by atoms with Gasteiger partial charge < -0.3 is 4.42 Å². The third-order valence-corrected chi connectivity index (χ3v) is 4.76. The Morgan fingerprint density at radius 2 is 2.04 bits per heavy atom. The predicted octanol–water partition coefficient (Wildman–Crippen LogP) is 2.84. The Balaban J connectivity index is 1.47. The van der Waals surface area contributed by atoms with E-state index in [-0.39, 0.29) is 0 Å². The van der Waals surface area contributed by atoms with Crippen molar-refractivity contribution in [1.82, 2.24) is 24.1 Å². The quantitative estimate of drug-likeness (QED) is 0.735. The maximum absolute atomic E-state index is 8.09. The molecule has 1 aliphatic heterocycles. The second-order valence-electron chi connectivity index (χ2n) is 5.43. The van der Waals surface area contributed by atoms with E-state index in [9.17, 15) is 0 Å². The molecular weight excluding hydrogens is 324 g/mol. The highest BCUT2D eigenvalue weighted by Crippen LogP contribution is 2.28. The van der Waals surface area contributed by atoms with Gasteiger partial charge in [-0.05, 0) is 36.2 Å². The van der Waals surface area contributed by atoms with Gasteiger partial charge in [-0.25, -0.2) is 9.29 Å². The maximum Gasteiger partial charge on any atom is 0.247 e. The molecule has 3 heterocycles. The Bertz CT molecular complexity index is 869. The molecule has 0 unspecified atom stereocenters. The molecule has 0 amide bonds. The van der Waals surface area contributed by atoms with Crippen LogP contribution in [0.4, 0.5) is 0 Å². The van der Waals surface area contributed by atoms with Crippen LogP contribution in [0, 0.1) is 5.41 Å². The van der Waals surface area contributed by atoms with E-state index >= 15 is 0 Å². The molecule has 3 aromatic rings. The summed E-state index contributed by atoms with van der Waals surface area (Å²) >= 11 is 1.62. The summed E-state index contributed by atoms with van der Waals surface area (Å²) in [5, 5.41) is 16.1. The molecule has 0 bridgehead atoms. The first-order valence-corrected chi connectivity index (χ1v) is 8.46. The third-order valence-electron chi connectivity index (χ3n) is 3.76. The average Bonchev–Trinajstić information content (AvgIpc) is 3.24. The lowest BCUT2D eigenvalue weighted by Gasteiger charge is -2.26. The van der Waals surface area contributed by atoms with Crippen LogP contribution in [0.3, 0.4) is 0 Å². The average molecular weight is 340 g/mol. The summed E-state index contributed by atoms with van der Waals surface area (Å²) in [6.45, 7) is 3.28. The number of imidazole rings is 1. The fourth-order valence-electron chi connectivity index (χ4n) is 2.54. The number of nitrogens with one attached hydrogen (secondary N) is 1. The predicted molar refractivity (Wildman–Crippen MR) is 90.7 cm³/mol. The van der Waals surface area contributed by atoms with Crippen LogP contribution in [0.2, 0.25) is 0 Å². The van der Waals surface area contributed by atoms with Crippen molar-refractivity contribution in [2.24, 2.45) is 0 Å². The molecule has 7 nitrogen and oxygen atoms in total. The lowest BCUT2D eigenvalue weighted by molar-refractivity contribution is 0.478. The number of hydrogen-bond donors (Lipinski definition) is 1. The highest BCUT2D eigenvalue weighted by atomic mass is 32.2. The van der Waals surface area contributed by atoms with Gasteiger partial charge in [-0.3, -0.25) is 9.98 Å². The maximum atomic E-state index is 8.09. The zero-order valence-electron chi connectivity index (χ0n) is 13.1. The molecule has 0 radical (unpaired) electrons. The van der Waals surface area contributed by atoms with Crippen molar-refractivity contribution in [3.63, 3.8) is 0 Å². The van der Waals surface area contributed by atoms with E-state index in [0.29, 0.717) is 30.7 Å². The second kappa shape index (κ2) is 6.21. The minimum atomic E-state index is 0.538. The van der Waals surface area contributed by atoms with Gasteiger partial charge in [0.1, 0.15) is 11.7 Å². The van der Waals surface area contributed by atoms with E-state index in [0.717, 1.165) is 22.7 Å². The molecule has 0 saturated carbocycles. The summed E-state index contributed by atoms with van der Waals surface area (Å²) in [7, 11) is 0. The van der Waals surface area contributed by atoms with E-state index in [1.54, 1.807) is 18.1 Å². The van der Waals surface area contributed by atoms with Gasteiger partial charge >= 0.3 is 0 Å². The Labute approximate surface area is 143 Å². The Morgan fingerprint density at radius 1 is 1.21 bits per heavy atom. The van der Waals surface area contributed by atoms with Gasteiger partial charge in [0.05, 0.1) is 13.1 Å². The van der Waals surface area contributed by atoms with Crippen LogP contribution in [-0.2, 0) is 13.0 Å². The normalized spacial score (nSPS) is 14.8. The van der Waals surface area contributed by atoms with Gasteiger partial charge in [0.15, 0.2) is 0 Å². The van der Waals surface area contributed by atoms with Crippen LogP contribution in [0.25, 0.3) is 11.5 Å². The van der Waals surface area contributed by atoms with E-state index in [1.165, 1.54) is 0 Å². The van der Waals surface area contributed by atoms with E-state index in [1.807, 2.05) is 42.0 Å². The van der Waals surface area contributed by atoms with Crippen molar-refractivity contribution >= 4 is 17.8 Å². The van der Waals surface area contributed by atoms with Gasteiger partial charge in [0.25, 0.3) is 0 Å². The smallest absolute Gasteiger partial charge is 0.247 e. The lowest BCUT2D eigenvalue weighted by Crippen LogP contribution is -2.34. The van der Waals surface area contributed by atoms with Crippen molar-refractivity contribution < 1.29 is 4.42 Å². The molecule has 2 aromatic heterocycles. The Morgan fingerprint density at radius 3 is 2.79 bits per heavy atom. The minimum Gasteiger partial charge on any atom is -0.421 e. The van der Waals surface area contributed by atoms with E-state index < -0.39 is 0 Å². The fraction of sp³-hybridized carbons (Fsp3) is 0.250. The summed E-state index contributed by atoms with van der Waals surface area (Å²) in [5.74, 6) is 2.63. The highest BCUT2D eigenvalue weighted by Gasteiger charge is 2.21. The highest BCUT2D eigenvalue weighted by molar-refractivity contribution is 7.97. The standard InChI is InChI=1S/C16H16N6OS/c1-2-15-19-20-16(23-15)11-3-5-12(6-4-11)24-21-9-13(17)22-8-7-18-14(22)10-21/h3-8,17H,2,9-10H2,1H3. The summed E-state index contributed by atoms with van der Waals surface area (Å²) in [5.41, 5.74) is 0.911. The SMILES string of the molecule is CCc1nnc(-c2ccc(SN3CC(=N)n4ccnc4C3)cc2)o1. The second-order valence-corrected chi connectivity index (χ2v) is 6.60. The molecular formula is C16H16N6OS. The van der Waals surface area contributed by atoms with Gasteiger partial charge in [-0.1, -0.05) is 6.92 Å². The van der Waals surface area contributed by atoms with E-state index in [4.69, 9.17) is 9.83 Å². The van der Waals surface area contributed by atoms with Crippen LogP contribution in [0.1, 0.15) is 18.6 Å². The monoisotopic (exact) mass is 340 g/mol. The zero-order chi connectivity index (χ0) is 16.5. The molecule has 8 heteroatoms. The summed E-state index contributed by atoms with van der Waals surface area (Å²) in [6.07, 6.45) is 4.31. The van der Waals surface area contributed by atoms with Crippen LogP contribution in [0.15, 0.2) is 46.0 Å². The van der Waals surface area contributed by atoms with Crippen molar-refractivity contribution in [2.75, 3.05) is 6.54 Å². The summed E-state index contributed by atoms with van der Waals surface area (Å²) in [4.78, 5) is 5.40. The number of fused-ring (bicyclic) bond motifs is 1.